The van der Waals surface area contributed by atoms with Gasteiger partial charge in [-0.15, -0.1) is 0 Å². The van der Waals surface area contributed by atoms with E-state index in [9.17, 15) is 8.42 Å². The van der Waals surface area contributed by atoms with Gasteiger partial charge in [0.1, 0.15) is 0 Å². The minimum atomic E-state index is -3.04. The molecule has 1 aromatic rings. The van der Waals surface area contributed by atoms with E-state index in [0.29, 0.717) is 11.3 Å². The highest BCUT2D eigenvalue weighted by Gasteiger charge is 2.29. The maximum atomic E-state index is 11.9. The van der Waals surface area contributed by atoms with Gasteiger partial charge in [-0.05, 0) is 31.0 Å². The van der Waals surface area contributed by atoms with Gasteiger partial charge in [0, 0.05) is 6.04 Å². The third-order valence-corrected chi connectivity index (χ3v) is 4.76. The summed E-state index contributed by atoms with van der Waals surface area (Å²) in [7, 11) is -3.04. The second-order valence-corrected chi connectivity index (χ2v) is 6.23. The van der Waals surface area contributed by atoms with E-state index >= 15 is 0 Å². The molecule has 0 spiro atoms. The van der Waals surface area contributed by atoms with Crippen molar-refractivity contribution in [2.75, 3.05) is 12.3 Å². The van der Waals surface area contributed by atoms with Crippen LogP contribution in [0.2, 0.25) is 0 Å². The minimum absolute atomic E-state index is 0.194. The number of fused-ring (bicyclic) bond motifs is 1. The van der Waals surface area contributed by atoms with Crippen LogP contribution in [0.5, 0.6) is 0 Å². The van der Waals surface area contributed by atoms with Crippen LogP contribution in [-0.4, -0.2) is 20.7 Å². The highest BCUT2D eigenvalue weighted by molar-refractivity contribution is 7.91. The van der Waals surface area contributed by atoms with Crippen molar-refractivity contribution in [2.24, 2.45) is 0 Å². The Morgan fingerprint density at radius 2 is 2.12 bits per heavy atom. The molecule has 0 saturated heterocycles. The molecule has 3 nitrogen and oxygen atoms in total. The first kappa shape index (κ1) is 11.6. The normalized spacial score (nSPS) is 22.7. The van der Waals surface area contributed by atoms with Gasteiger partial charge in [-0.1, -0.05) is 25.1 Å². The molecule has 0 saturated carbocycles. The van der Waals surface area contributed by atoms with Crippen molar-refractivity contribution in [3.8, 4) is 0 Å². The average molecular weight is 239 g/mol. The topological polar surface area (TPSA) is 46.2 Å². The summed E-state index contributed by atoms with van der Waals surface area (Å²) in [4.78, 5) is 0.509. The second-order valence-electron chi connectivity index (χ2n) is 4.15. The van der Waals surface area contributed by atoms with E-state index in [1.165, 1.54) is 0 Å². The molecule has 2 rings (SSSR count). The standard InChI is InChI=1S/C12H17NO2S/c1-2-8-13-11-7-9-16(14,15)12-6-4-3-5-10(11)12/h3-6,11,13H,2,7-9H2,1H3. The molecule has 1 atom stereocenters. The third kappa shape index (κ3) is 2.13. The largest absolute Gasteiger partial charge is 0.310 e. The maximum Gasteiger partial charge on any atom is 0.178 e. The Morgan fingerprint density at radius 1 is 1.38 bits per heavy atom. The summed E-state index contributed by atoms with van der Waals surface area (Å²) in [6.45, 7) is 3.04. The van der Waals surface area contributed by atoms with Gasteiger partial charge >= 0.3 is 0 Å². The summed E-state index contributed by atoms with van der Waals surface area (Å²) in [6.07, 6.45) is 1.74. The summed E-state index contributed by atoms with van der Waals surface area (Å²) >= 11 is 0. The van der Waals surface area contributed by atoms with E-state index in [-0.39, 0.29) is 11.8 Å². The predicted molar refractivity (Wildman–Crippen MR) is 64.1 cm³/mol. The molecule has 88 valence electrons. The molecule has 1 N–H and O–H groups in total. The summed E-state index contributed by atoms with van der Waals surface area (Å²) in [5.41, 5.74) is 0.933. The summed E-state index contributed by atoms with van der Waals surface area (Å²) in [5, 5.41) is 3.40. The molecule has 0 amide bonds. The van der Waals surface area contributed by atoms with Crippen LogP contribution in [0.3, 0.4) is 0 Å². The average Bonchev–Trinajstić information content (AvgIpc) is 2.29. The van der Waals surface area contributed by atoms with E-state index in [1.54, 1.807) is 12.1 Å². The minimum Gasteiger partial charge on any atom is -0.310 e. The molecule has 0 aliphatic carbocycles. The quantitative estimate of drug-likeness (QED) is 0.876. The molecule has 1 unspecified atom stereocenters. The summed E-state index contributed by atoms with van der Waals surface area (Å²) < 4.78 is 23.7. The van der Waals surface area contributed by atoms with Crippen molar-refractivity contribution >= 4 is 9.84 Å². The Kier molecular flexibility index (Phi) is 3.30. The Balaban J connectivity index is 2.36. The van der Waals surface area contributed by atoms with Crippen molar-refractivity contribution in [1.29, 1.82) is 0 Å². The zero-order valence-corrected chi connectivity index (χ0v) is 10.3. The van der Waals surface area contributed by atoms with Crippen LogP contribution in [0, 0.1) is 0 Å². The van der Waals surface area contributed by atoms with Gasteiger partial charge in [0.15, 0.2) is 9.84 Å². The summed E-state index contributed by atoms with van der Waals surface area (Å²) in [5.74, 6) is 0.255. The highest BCUT2D eigenvalue weighted by atomic mass is 32.2. The number of hydrogen-bond donors (Lipinski definition) is 1. The number of benzene rings is 1. The molecule has 1 aromatic carbocycles. The fourth-order valence-electron chi connectivity index (χ4n) is 2.12. The Labute approximate surface area is 96.8 Å². The van der Waals surface area contributed by atoms with E-state index in [0.717, 1.165) is 18.5 Å². The van der Waals surface area contributed by atoms with Gasteiger partial charge in [0.05, 0.1) is 10.6 Å². The molecule has 1 aliphatic heterocycles. The van der Waals surface area contributed by atoms with Gasteiger partial charge < -0.3 is 5.32 Å². The first-order valence-corrected chi connectivity index (χ1v) is 7.35. The third-order valence-electron chi connectivity index (χ3n) is 2.95. The predicted octanol–water partition coefficient (Wildman–Crippen LogP) is 1.90. The lowest BCUT2D eigenvalue weighted by atomic mass is 10.0. The second kappa shape index (κ2) is 4.55. The maximum absolute atomic E-state index is 11.9. The molecule has 16 heavy (non-hydrogen) atoms. The molecule has 1 heterocycles. The number of sulfone groups is 1. The fraction of sp³-hybridized carbons (Fsp3) is 0.500. The van der Waals surface area contributed by atoms with Crippen LogP contribution in [0.1, 0.15) is 31.4 Å². The van der Waals surface area contributed by atoms with Crippen LogP contribution >= 0.6 is 0 Å². The van der Waals surface area contributed by atoms with Crippen LogP contribution in [-0.2, 0) is 9.84 Å². The molecule has 1 aliphatic rings. The lowest BCUT2D eigenvalue weighted by Crippen LogP contribution is -2.30. The Morgan fingerprint density at radius 3 is 2.88 bits per heavy atom. The van der Waals surface area contributed by atoms with Crippen LogP contribution < -0.4 is 5.32 Å². The number of nitrogens with one attached hydrogen (secondary N) is 1. The van der Waals surface area contributed by atoms with Crippen LogP contribution in [0.15, 0.2) is 29.2 Å². The molecular weight excluding hydrogens is 222 g/mol. The smallest absolute Gasteiger partial charge is 0.178 e. The van der Waals surface area contributed by atoms with E-state index in [2.05, 4.69) is 12.2 Å². The van der Waals surface area contributed by atoms with Crippen molar-refractivity contribution < 1.29 is 8.42 Å². The Hall–Kier alpha value is -0.870. The first-order chi connectivity index (χ1) is 7.65. The highest BCUT2D eigenvalue weighted by Crippen LogP contribution is 2.31. The van der Waals surface area contributed by atoms with Gasteiger partial charge in [0.25, 0.3) is 0 Å². The fourth-order valence-corrected chi connectivity index (χ4v) is 3.74. The molecular formula is C12H17NO2S. The molecule has 0 fully saturated rings. The van der Waals surface area contributed by atoms with Crippen molar-refractivity contribution in [3.63, 3.8) is 0 Å². The zero-order valence-electron chi connectivity index (χ0n) is 9.44. The summed E-state index contributed by atoms with van der Waals surface area (Å²) in [6, 6.07) is 7.52. The van der Waals surface area contributed by atoms with Crippen molar-refractivity contribution in [1.82, 2.24) is 5.32 Å². The first-order valence-electron chi connectivity index (χ1n) is 5.70. The molecule has 0 aromatic heterocycles. The number of rotatable bonds is 3. The Bertz CT molecular complexity index is 468. The van der Waals surface area contributed by atoms with Crippen LogP contribution in [0.4, 0.5) is 0 Å². The lowest BCUT2D eigenvalue weighted by molar-refractivity contribution is 0.492. The molecule has 0 bridgehead atoms. The van der Waals surface area contributed by atoms with E-state index in [1.807, 2.05) is 12.1 Å². The van der Waals surface area contributed by atoms with Crippen molar-refractivity contribution in [2.45, 2.75) is 30.7 Å². The molecule has 4 heteroatoms. The number of hydrogen-bond acceptors (Lipinski definition) is 3. The SMILES string of the molecule is CCCNC1CCS(=O)(=O)c2ccccc21. The zero-order chi connectivity index (χ0) is 11.6. The van der Waals surface area contributed by atoms with Crippen LogP contribution in [0.25, 0.3) is 0 Å². The van der Waals surface area contributed by atoms with E-state index in [4.69, 9.17) is 0 Å². The van der Waals surface area contributed by atoms with Gasteiger partial charge in [-0.2, -0.15) is 0 Å². The van der Waals surface area contributed by atoms with Gasteiger partial charge in [-0.3, -0.25) is 0 Å². The van der Waals surface area contributed by atoms with E-state index < -0.39 is 9.84 Å². The van der Waals surface area contributed by atoms with Gasteiger partial charge in [-0.25, -0.2) is 8.42 Å². The van der Waals surface area contributed by atoms with Gasteiger partial charge in [0.2, 0.25) is 0 Å². The van der Waals surface area contributed by atoms with Crippen molar-refractivity contribution in [3.05, 3.63) is 29.8 Å². The monoisotopic (exact) mass is 239 g/mol. The lowest BCUT2D eigenvalue weighted by Gasteiger charge is -2.26. The molecule has 0 radical (unpaired) electrons.